The van der Waals surface area contributed by atoms with E-state index in [2.05, 4.69) is 18.7 Å². The topological polar surface area (TPSA) is 49.8 Å². The molecule has 19 heavy (non-hydrogen) atoms. The molecule has 4 heteroatoms. The Morgan fingerprint density at radius 2 is 2.21 bits per heavy atom. The monoisotopic (exact) mass is 263 g/mol. The van der Waals surface area contributed by atoms with E-state index in [4.69, 9.17) is 4.74 Å². The molecular weight excluding hydrogens is 242 g/mol. The first-order valence-corrected chi connectivity index (χ1v) is 6.55. The van der Waals surface area contributed by atoms with Gasteiger partial charge in [0.25, 0.3) is 0 Å². The summed E-state index contributed by atoms with van der Waals surface area (Å²) in [4.78, 5) is 13.6. The van der Waals surface area contributed by atoms with Crippen LogP contribution >= 0.6 is 0 Å². The third-order valence-electron chi connectivity index (χ3n) is 3.95. The van der Waals surface area contributed by atoms with E-state index >= 15 is 0 Å². The van der Waals surface area contributed by atoms with Gasteiger partial charge in [-0.3, -0.25) is 0 Å². The van der Waals surface area contributed by atoms with Gasteiger partial charge in [-0.2, -0.15) is 0 Å². The molecule has 104 valence electrons. The molecule has 1 saturated heterocycles. The molecule has 1 aliphatic heterocycles. The molecule has 1 unspecified atom stereocenters. The van der Waals surface area contributed by atoms with Crippen molar-refractivity contribution in [3.8, 4) is 0 Å². The molecule has 0 amide bonds. The number of β-amino-alcohol motifs (C(OH)–C–C–N with tert-alkyl or cyclic N) is 1. The molecule has 0 aromatic heterocycles. The molecule has 1 fully saturated rings. The number of aliphatic hydroxyl groups excluding tert-OH is 1. The van der Waals surface area contributed by atoms with Gasteiger partial charge in [-0.05, 0) is 30.0 Å². The lowest BCUT2D eigenvalue weighted by molar-refractivity contribution is 0.0351. The minimum absolute atomic E-state index is 0.0452. The predicted molar refractivity (Wildman–Crippen MR) is 74.4 cm³/mol. The lowest BCUT2D eigenvalue weighted by Gasteiger charge is -2.42. The van der Waals surface area contributed by atoms with Crippen LogP contribution < -0.4 is 4.90 Å². The van der Waals surface area contributed by atoms with Crippen molar-refractivity contribution >= 4 is 11.7 Å². The molecule has 1 N–H and O–H groups in total. The van der Waals surface area contributed by atoms with Crippen LogP contribution in [0.2, 0.25) is 0 Å². The molecule has 0 bridgehead atoms. The van der Waals surface area contributed by atoms with Crippen LogP contribution in [0.5, 0.6) is 0 Å². The number of ether oxygens (including phenoxy) is 1. The van der Waals surface area contributed by atoms with Crippen molar-refractivity contribution in [3.63, 3.8) is 0 Å². The SMILES string of the molecule is COC(=O)c1cccc(N2CCC(C)(C)C(O)C2)c1. The summed E-state index contributed by atoms with van der Waals surface area (Å²) >= 11 is 0. The van der Waals surface area contributed by atoms with E-state index in [9.17, 15) is 9.90 Å². The zero-order chi connectivity index (χ0) is 14.0. The number of aliphatic hydroxyl groups is 1. The highest BCUT2D eigenvalue weighted by molar-refractivity contribution is 5.90. The number of methoxy groups -OCH3 is 1. The Balaban J connectivity index is 2.17. The number of anilines is 1. The second-order valence-electron chi connectivity index (χ2n) is 5.74. The molecule has 1 aromatic rings. The normalized spacial score (nSPS) is 22.1. The summed E-state index contributed by atoms with van der Waals surface area (Å²) < 4.78 is 4.73. The molecule has 1 aliphatic rings. The Morgan fingerprint density at radius 3 is 2.84 bits per heavy atom. The molecule has 0 saturated carbocycles. The third kappa shape index (κ3) is 2.89. The molecule has 0 spiro atoms. The zero-order valence-electron chi connectivity index (χ0n) is 11.7. The van der Waals surface area contributed by atoms with Crippen LogP contribution in [0.25, 0.3) is 0 Å². The van der Waals surface area contributed by atoms with E-state index in [0.717, 1.165) is 18.7 Å². The number of carbonyl (C=O) groups is 1. The van der Waals surface area contributed by atoms with Gasteiger partial charge in [0.1, 0.15) is 0 Å². The van der Waals surface area contributed by atoms with E-state index in [1.165, 1.54) is 7.11 Å². The Morgan fingerprint density at radius 1 is 1.47 bits per heavy atom. The maximum atomic E-state index is 11.5. The Hall–Kier alpha value is -1.55. The summed E-state index contributed by atoms with van der Waals surface area (Å²) in [6.45, 7) is 5.64. The van der Waals surface area contributed by atoms with Crippen molar-refractivity contribution in [3.05, 3.63) is 29.8 Å². The Labute approximate surface area is 114 Å². The highest BCUT2D eigenvalue weighted by atomic mass is 16.5. The quantitative estimate of drug-likeness (QED) is 0.830. The van der Waals surface area contributed by atoms with Crippen molar-refractivity contribution in [2.45, 2.75) is 26.4 Å². The second-order valence-corrected chi connectivity index (χ2v) is 5.74. The number of hydrogen-bond acceptors (Lipinski definition) is 4. The van der Waals surface area contributed by atoms with Crippen molar-refractivity contribution in [2.75, 3.05) is 25.1 Å². The van der Waals surface area contributed by atoms with Crippen LogP contribution in [0.15, 0.2) is 24.3 Å². The average Bonchev–Trinajstić information content (AvgIpc) is 2.41. The van der Waals surface area contributed by atoms with Gasteiger partial charge in [0.15, 0.2) is 0 Å². The summed E-state index contributed by atoms with van der Waals surface area (Å²) in [5.41, 5.74) is 1.45. The first-order chi connectivity index (χ1) is 8.94. The lowest BCUT2D eigenvalue weighted by atomic mass is 9.80. The number of nitrogens with zero attached hydrogens (tertiary/aromatic N) is 1. The lowest BCUT2D eigenvalue weighted by Crippen LogP contribution is -2.48. The Bertz CT molecular complexity index is 470. The molecular formula is C15H21NO3. The smallest absolute Gasteiger partial charge is 0.337 e. The maximum Gasteiger partial charge on any atom is 0.337 e. The van der Waals surface area contributed by atoms with Gasteiger partial charge < -0.3 is 14.7 Å². The molecule has 2 rings (SSSR count). The van der Waals surface area contributed by atoms with Crippen LogP contribution in [0, 0.1) is 5.41 Å². The second kappa shape index (κ2) is 5.21. The molecule has 1 atom stereocenters. The largest absolute Gasteiger partial charge is 0.465 e. The number of carbonyl (C=O) groups excluding carboxylic acids is 1. The standard InChI is InChI=1S/C15H21NO3/c1-15(2)7-8-16(10-13(15)17)12-6-4-5-11(9-12)14(18)19-3/h4-6,9,13,17H,7-8,10H2,1-3H3. The summed E-state index contributed by atoms with van der Waals surface area (Å²) in [6.07, 6.45) is 0.569. The zero-order valence-corrected chi connectivity index (χ0v) is 11.7. The summed E-state index contributed by atoms with van der Waals surface area (Å²) in [5.74, 6) is -0.334. The van der Waals surface area contributed by atoms with Gasteiger partial charge in [-0.1, -0.05) is 19.9 Å². The first kappa shape index (κ1) is 13.9. The molecule has 0 aliphatic carbocycles. The predicted octanol–water partition coefficient (Wildman–Crippen LogP) is 2.07. The van der Waals surface area contributed by atoms with Crippen LogP contribution in [0.3, 0.4) is 0 Å². The number of benzene rings is 1. The van der Waals surface area contributed by atoms with Gasteiger partial charge in [0, 0.05) is 18.8 Å². The van der Waals surface area contributed by atoms with Crippen LogP contribution in [0.4, 0.5) is 5.69 Å². The number of hydrogen-bond donors (Lipinski definition) is 1. The van der Waals surface area contributed by atoms with E-state index < -0.39 is 0 Å². The molecule has 4 nitrogen and oxygen atoms in total. The number of piperidine rings is 1. The van der Waals surface area contributed by atoms with E-state index in [1.54, 1.807) is 6.07 Å². The highest BCUT2D eigenvalue weighted by Crippen LogP contribution is 2.32. The summed E-state index contributed by atoms with van der Waals surface area (Å²) in [6, 6.07) is 7.35. The fourth-order valence-electron chi connectivity index (χ4n) is 2.32. The van der Waals surface area contributed by atoms with Gasteiger partial charge in [0.05, 0.1) is 18.8 Å². The van der Waals surface area contributed by atoms with Gasteiger partial charge in [0.2, 0.25) is 0 Å². The molecule has 1 heterocycles. The van der Waals surface area contributed by atoms with Crippen molar-refractivity contribution < 1.29 is 14.6 Å². The molecule has 1 aromatic carbocycles. The van der Waals surface area contributed by atoms with Crippen LogP contribution in [-0.4, -0.2) is 37.4 Å². The van der Waals surface area contributed by atoms with Gasteiger partial charge in [-0.15, -0.1) is 0 Å². The number of rotatable bonds is 2. The van der Waals surface area contributed by atoms with E-state index in [-0.39, 0.29) is 17.5 Å². The van der Waals surface area contributed by atoms with Crippen molar-refractivity contribution in [2.24, 2.45) is 5.41 Å². The minimum Gasteiger partial charge on any atom is -0.465 e. The summed E-state index contributed by atoms with van der Waals surface area (Å²) in [5, 5.41) is 10.2. The average molecular weight is 263 g/mol. The van der Waals surface area contributed by atoms with E-state index in [1.807, 2.05) is 18.2 Å². The van der Waals surface area contributed by atoms with Crippen LogP contribution in [-0.2, 0) is 4.74 Å². The van der Waals surface area contributed by atoms with Crippen molar-refractivity contribution in [1.82, 2.24) is 0 Å². The fraction of sp³-hybridized carbons (Fsp3) is 0.533. The van der Waals surface area contributed by atoms with Gasteiger partial charge in [-0.25, -0.2) is 4.79 Å². The first-order valence-electron chi connectivity index (χ1n) is 6.55. The third-order valence-corrected chi connectivity index (χ3v) is 3.95. The fourth-order valence-corrected chi connectivity index (χ4v) is 2.32. The van der Waals surface area contributed by atoms with Crippen molar-refractivity contribution in [1.29, 1.82) is 0 Å². The summed E-state index contributed by atoms with van der Waals surface area (Å²) in [7, 11) is 1.38. The molecule has 0 radical (unpaired) electrons. The highest BCUT2D eigenvalue weighted by Gasteiger charge is 2.34. The van der Waals surface area contributed by atoms with Crippen LogP contribution in [0.1, 0.15) is 30.6 Å². The maximum absolute atomic E-state index is 11.5. The van der Waals surface area contributed by atoms with Gasteiger partial charge >= 0.3 is 5.97 Å². The Kier molecular flexibility index (Phi) is 3.80. The van der Waals surface area contributed by atoms with E-state index in [0.29, 0.717) is 12.1 Å². The number of esters is 1. The minimum atomic E-state index is -0.358.